The normalized spacial score (nSPS) is 30.5. The molecule has 0 atom stereocenters. The predicted octanol–water partition coefficient (Wildman–Crippen LogP) is 0.372. The highest BCUT2D eigenvalue weighted by molar-refractivity contribution is 4.95. The summed E-state index contributed by atoms with van der Waals surface area (Å²) < 4.78 is 0. The first-order valence-electron chi connectivity index (χ1n) is 4.48. The maximum absolute atomic E-state index is 7.92. The Kier molecular flexibility index (Phi) is 2.23. The molecule has 3 nitrogen and oxygen atoms in total. The molecule has 0 aliphatic carbocycles. The van der Waals surface area contributed by atoms with Gasteiger partial charge in [0.05, 0.1) is 11.1 Å². The Morgan fingerprint density at radius 3 is 1.75 bits per heavy atom. The van der Waals surface area contributed by atoms with E-state index in [1.54, 1.807) is 5.06 Å². The molecule has 0 spiro atoms. The van der Waals surface area contributed by atoms with Gasteiger partial charge in [0.15, 0.2) is 6.10 Å². The lowest BCUT2D eigenvalue weighted by molar-refractivity contribution is -0.257. The van der Waals surface area contributed by atoms with Crippen LogP contribution < -0.4 is 0 Å². The van der Waals surface area contributed by atoms with Crippen LogP contribution in [-0.2, 0) is 0 Å². The largest absolute Gasteiger partial charge is 0.443 e. The fraction of sp³-hybridized carbons (Fsp3) is 1.00. The molecule has 0 saturated carbocycles. The monoisotopic (exact) mass is 175 g/mol. The van der Waals surface area contributed by atoms with Gasteiger partial charge in [0.2, 0.25) is 0 Å². The maximum Gasteiger partial charge on any atom is 0.157 e. The minimum Gasteiger partial charge on any atom is -0.443 e. The molecular weight excluding hydrogens is 154 g/mol. The lowest BCUT2D eigenvalue weighted by Crippen LogP contribution is -2.60. The van der Waals surface area contributed by atoms with Gasteiger partial charge in [-0.15, -0.1) is 0 Å². The Morgan fingerprint density at radius 1 is 1.08 bits per heavy atom. The Morgan fingerprint density at radius 2 is 1.42 bits per heavy atom. The molecule has 1 aliphatic rings. The van der Waals surface area contributed by atoms with Crippen molar-refractivity contribution < 1.29 is 10.3 Å². The first-order valence-corrected chi connectivity index (χ1v) is 4.48. The van der Waals surface area contributed by atoms with Gasteiger partial charge in [-0.25, -0.2) is 0 Å². The van der Waals surface area contributed by atoms with Gasteiger partial charge in [-0.3, -0.25) is 0 Å². The third-order valence-corrected chi connectivity index (χ3v) is 2.70. The molecule has 0 bridgehead atoms. The van der Waals surface area contributed by atoms with Crippen LogP contribution in [0.25, 0.3) is 0 Å². The first kappa shape index (κ1) is 9.96. The molecule has 72 valence electrons. The summed E-state index contributed by atoms with van der Waals surface area (Å²) in [5.74, 6) is 0. The van der Waals surface area contributed by atoms with Crippen molar-refractivity contribution in [3.05, 3.63) is 0 Å². The minimum atomic E-state index is -0.145. The second-order valence-corrected chi connectivity index (χ2v) is 5.07. The van der Waals surface area contributed by atoms with Gasteiger partial charge in [0.1, 0.15) is 0 Å². The Hall–Kier alpha value is -0.120. The number of hydrogen-bond acceptors (Lipinski definition) is 1. The van der Waals surface area contributed by atoms with Crippen molar-refractivity contribution in [2.24, 2.45) is 0 Å². The smallest absolute Gasteiger partial charge is 0.157 e. The van der Waals surface area contributed by atoms with Crippen LogP contribution in [0.4, 0.5) is 0 Å². The number of piperidine rings is 1. The minimum absolute atomic E-state index is 0.00315. The summed E-state index contributed by atoms with van der Waals surface area (Å²) in [6.07, 6.45) is 1.61. The quantitative estimate of drug-likeness (QED) is 0.491. The highest BCUT2D eigenvalue weighted by atomic mass is 16.5. The van der Waals surface area contributed by atoms with E-state index in [1.807, 2.05) is 27.7 Å². The van der Waals surface area contributed by atoms with Crippen LogP contribution in [0.15, 0.2) is 0 Å². The van der Waals surface area contributed by atoms with Crippen LogP contribution in [0.3, 0.4) is 0 Å². The zero-order chi connectivity index (χ0) is 9.57. The standard InChI is InChI=1S/C9H19NO2/c1-8(2)5-7(11)6-9(3,4)10(8)12/h7,11-12H,5-6H2,1-4H3/p+2. The first-order chi connectivity index (χ1) is 5.26. The highest BCUT2D eigenvalue weighted by Crippen LogP contribution is 2.36. The SMILES string of the molecule is CC1(C)CC([OH2+])CC(C)(C)N1[OH2+]. The molecule has 12 heavy (non-hydrogen) atoms. The summed E-state index contributed by atoms with van der Waals surface area (Å²) >= 11 is 0. The Bertz CT molecular complexity index is 159. The van der Waals surface area contributed by atoms with Gasteiger partial charge in [-0.05, 0) is 27.7 Å². The highest BCUT2D eigenvalue weighted by Gasteiger charge is 2.49. The third-order valence-electron chi connectivity index (χ3n) is 2.70. The summed E-state index contributed by atoms with van der Waals surface area (Å²) in [5.41, 5.74) is -0.289. The average molecular weight is 175 g/mol. The van der Waals surface area contributed by atoms with Crippen LogP contribution >= 0.6 is 0 Å². The van der Waals surface area contributed by atoms with Crippen molar-refractivity contribution in [3.8, 4) is 0 Å². The second-order valence-electron chi connectivity index (χ2n) is 5.07. The molecule has 0 radical (unpaired) electrons. The van der Waals surface area contributed by atoms with Crippen LogP contribution in [0, 0.1) is 0 Å². The van der Waals surface area contributed by atoms with E-state index in [-0.39, 0.29) is 17.2 Å². The topological polar surface area (TPSA) is 49.0 Å². The van der Waals surface area contributed by atoms with E-state index in [1.165, 1.54) is 0 Å². The Labute approximate surface area is 74.0 Å². The summed E-state index contributed by atoms with van der Waals surface area (Å²) in [5, 5.41) is 17.3. The maximum atomic E-state index is 7.92. The van der Waals surface area contributed by atoms with E-state index in [0.29, 0.717) is 0 Å². The molecule has 0 amide bonds. The average Bonchev–Trinajstić information content (AvgIpc) is 1.80. The van der Waals surface area contributed by atoms with E-state index >= 15 is 0 Å². The molecule has 1 rings (SSSR count). The van der Waals surface area contributed by atoms with Gasteiger partial charge >= 0.3 is 0 Å². The van der Waals surface area contributed by atoms with E-state index in [9.17, 15) is 0 Å². The zero-order valence-electron chi connectivity index (χ0n) is 8.44. The molecular formula is C9H21NO2+2. The number of nitrogens with zero attached hydrogens (tertiary/aromatic N) is 1. The second kappa shape index (κ2) is 2.69. The molecule has 3 heteroatoms. The lowest BCUT2D eigenvalue weighted by atomic mass is 9.80. The van der Waals surface area contributed by atoms with Crippen molar-refractivity contribution in [2.75, 3.05) is 0 Å². The number of rotatable bonds is 0. The van der Waals surface area contributed by atoms with Crippen LogP contribution in [-0.4, -0.2) is 32.6 Å². The molecule has 1 saturated heterocycles. The molecule has 1 heterocycles. The molecule has 1 fully saturated rings. The fourth-order valence-electron chi connectivity index (χ4n) is 2.28. The van der Waals surface area contributed by atoms with E-state index in [0.717, 1.165) is 12.8 Å². The molecule has 4 N–H and O–H groups in total. The van der Waals surface area contributed by atoms with Crippen LogP contribution in [0.5, 0.6) is 0 Å². The van der Waals surface area contributed by atoms with Gasteiger partial charge < -0.3 is 10.3 Å². The van der Waals surface area contributed by atoms with E-state index in [2.05, 4.69) is 0 Å². The zero-order valence-corrected chi connectivity index (χ0v) is 8.44. The molecule has 1 aliphatic heterocycles. The lowest BCUT2D eigenvalue weighted by Gasteiger charge is -2.44. The van der Waals surface area contributed by atoms with Crippen molar-refractivity contribution in [2.45, 2.75) is 57.7 Å². The van der Waals surface area contributed by atoms with E-state index < -0.39 is 0 Å². The molecule has 0 aromatic rings. The number of hydrogen-bond donors (Lipinski definition) is 0. The summed E-state index contributed by atoms with van der Waals surface area (Å²) in [6.45, 7) is 8.18. The van der Waals surface area contributed by atoms with Crippen molar-refractivity contribution >= 4 is 0 Å². The van der Waals surface area contributed by atoms with Crippen LogP contribution in [0.2, 0.25) is 0 Å². The summed E-state index contributed by atoms with van der Waals surface area (Å²) in [6, 6.07) is 0. The van der Waals surface area contributed by atoms with Crippen molar-refractivity contribution in [1.29, 1.82) is 0 Å². The summed E-state index contributed by atoms with van der Waals surface area (Å²) in [4.78, 5) is 0. The van der Waals surface area contributed by atoms with E-state index in [4.69, 9.17) is 10.3 Å². The van der Waals surface area contributed by atoms with Gasteiger partial charge in [-0.1, -0.05) is 5.06 Å². The molecule has 0 aromatic heterocycles. The van der Waals surface area contributed by atoms with Crippen molar-refractivity contribution in [1.82, 2.24) is 5.06 Å². The van der Waals surface area contributed by atoms with Crippen LogP contribution in [0.1, 0.15) is 40.5 Å². The molecule has 0 aromatic carbocycles. The molecule has 0 unspecified atom stereocenters. The number of hydroxylamine groups is 2. The van der Waals surface area contributed by atoms with Gasteiger partial charge in [-0.2, -0.15) is 0 Å². The predicted molar refractivity (Wildman–Crippen MR) is 50.2 cm³/mol. The fourth-order valence-corrected chi connectivity index (χ4v) is 2.28. The summed E-state index contributed by atoms with van der Waals surface area (Å²) in [7, 11) is 0. The van der Waals surface area contributed by atoms with Gasteiger partial charge in [0, 0.05) is 12.8 Å². The Balaban J connectivity index is 2.84. The van der Waals surface area contributed by atoms with Crippen molar-refractivity contribution in [3.63, 3.8) is 0 Å². The van der Waals surface area contributed by atoms with Gasteiger partial charge in [0.25, 0.3) is 0 Å². The third kappa shape index (κ3) is 1.63.